The van der Waals surface area contributed by atoms with Gasteiger partial charge in [-0.1, -0.05) is 30.3 Å². The zero-order chi connectivity index (χ0) is 15.7. The summed E-state index contributed by atoms with van der Waals surface area (Å²) in [6, 6.07) is 9.29. The number of carboxylic acids is 1. The van der Waals surface area contributed by atoms with Crippen LogP contribution in [0, 0.1) is 13.8 Å². The Bertz CT molecular complexity index is 701. The molecule has 1 atom stereocenters. The number of benzene rings is 1. The lowest BCUT2D eigenvalue weighted by Crippen LogP contribution is -2.37. The number of aryl methyl sites for hydroxylation is 1. The molecule has 1 N–H and O–H groups in total. The fraction of sp³-hybridized carbons (Fsp3) is 0.353. The van der Waals surface area contributed by atoms with E-state index in [4.69, 9.17) is 0 Å². The van der Waals surface area contributed by atoms with Crippen LogP contribution in [0.4, 0.5) is 5.82 Å². The van der Waals surface area contributed by atoms with E-state index >= 15 is 0 Å². The summed E-state index contributed by atoms with van der Waals surface area (Å²) in [5.41, 5.74) is 2.78. The molecule has 1 aliphatic rings. The predicted molar refractivity (Wildman–Crippen MR) is 84.9 cm³/mol. The van der Waals surface area contributed by atoms with Crippen LogP contribution < -0.4 is 4.90 Å². The van der Waals surface area contributed by atoms with Gasteiger partial charge in [-0.15, -0.1) is 0 Å². The molecule has 3 rings (SSSR count). The highest BCUT2D eigenvalue weighted by Gasteiger charge is 2.33. The lowest BCUT2D eigenvalue weighted by atomic mass is 10.1. The smallest absolute Gasteiger partial charge is 0.326 e. The number of hydrogen-bond acceptors (Lipinski definition) is 4. The van der Waals surface area contributed by atoms with Crippen molar-refractivity contribution in [1.29, 1.82) is 0 Å². The van der Waals surface area contributed by atoms with Crippen molar-refractivity contribution in [3.8, 4) is 11.4 Å². The number of rotatable bonds is 3. The monoisotopic (exact) mass is 297 g/mol. The van der Waals surface area contributed by atoms with E-state index in [-0.39, 0.29) is 0 Å². The Morgan fingerprint density at radius 1 is 1.23 bits per heavy atom. The summed E-state index contributed by atoms with van der Waals surface area (Å²) in [5, 5.41) is 9.41. The second kappa shape index (κ2) is 5.75. The van der Waals surface area contributed by atoms with E-state index in [1.54, 1.807) is 0 Å². The van der Waals surface area contributed by atoms with Gasteiger partial charge in [-0.05, 0) is 26.7 Å². The molecule has 2 heterocycles. The molecule has 1 aromatic heterocycles. The van der Waals surface area contributed by atoms with Crippen molar-refractivity contribution in [2.24, 2.45) is 0 Å². The van der Waals surface area contributed by atoms with Crippen LogP contribution in [-0.4, -0.2) is 33.6 Å². The van der Waals surface area contributed by atoms with Crippen molar-refractivity contribution in [1.82, 2.24) is 9.97 Å². The molecule has 22 heavy (non-hydrogen) atoms. The van der Waals surface area contributed by atoms with E-state index in [0.717, 1.165) is 35.6 Å². The van der Waals surface area contributed by atoms with Crippen LogP contribution in [0.1, 0.15) is 24.1 Å². The van der Waals surface area contributed by atoms with Gasteiger partial charge in [-0.25, -0.2) is 14.8 Å². The molecule has 114 valence electrons. The normalized spacial score (nSPS) is 17.7. The Morgan fingerprint density at radius 3 is 2.64 bits per heavy atom. The first kappa shape index (κ1) is 14.5. The summed E-state index contributed by atoms with van der Waals surface area (Å²) in [7, 11) is 0. The minimum absolute atomic E-state index is 0.489. The van der Waals surface area contributed by atoms with E-state index in [2.05, 4.69) is 9.97 Å². The van der Waals surface area contributed by atoms with Crippen LogP contribution in [0.2, 0.25) is 0 Å². The van der Waals surface area contributed by atoms with Crippen LogP contribution in [-0.2, 0) is 4.79 Å². The van der Waals surface area contributed by atoms with Crippen molar-refractivity contribution < 1.29 is 9.90 Å². The Balaban J connectivity index is 2.08. The molecule has 2 aromatic rings. The van der Waals surface area contributed by atoms with E-state index in [9.17, 15) is 9.90 Å². The van der Waals surface area contributed by atoms with Crippen molar-refractivity contribution in [3.05, 3.63) is 41.6 Å². The molecule has 0 saturated carbocycles. The van der Waals surface area contributed by atoms with Crippen LogP contribution in [0.5, 0.6) is 0 Å². The summed E-state index contributed by atoms with van der Waals surface area (Å²) in [4.78, 5) is 22.6. The maximum Gasteiger partial charge on any atom is 0.326 e. The van der Waals surface area contributed by atoms with Gasteiger partial charge in [0.15, 0.2) is 5.82 Å². The van der Waals surface area contributed by atoms with Crippen LogP contribution >= 0.6 is 0 Å². The molecule has 1 unspecified atom stereocenters. The van der Waals surface area contributed by atoms with E-state index in [1.165, 1.54) is 0 Å². The lowest BCUT2D eigenvalue weighted by molar-refractivity contribution is -0.138. The van der Waals surface area contributed by atoms with Crippen molar-refractivity contribution >= 4 is 11.8 Å². The third-order valence-electron chi connectivity index (χ3n) is 4.21. The van der Waals surface area contributed by atoms with Gasteiger partial charge in [-0.3, -0.25) is 0 Å². The number of carboxylic acid groups (broad SMARTS) is 1. The highest BCUT2D eigenvalue weighted by Crippen LogP contribution is 2.30. The summed E-state index contributed by atoms with van der Waals surface area (Å²) in [6.07, 6.45) is 1.54. The molecule has 1 aliphatic heterocycles. The van der Waals surface area contributed by atoms with E-state index in [0.29, 0.717) is 12.2 Å². The fourth-order valence-corrected chi connectivity index (χ4v) is 2.89. The molecule has 0 spiro atoms. The number of nitrogens with zero attached hydrogens (tertiary/aromatic N) is 3. The molecular weight excluding hydrogens is 278 g/mol. The summed E-state index contributed by atoms with van der Waals surface area (Å²) >= 11 is 0. The average molecular weight is 297 g/mol. The zero-order valence-corrected chi connectivity index (χ0v) is 12.8. The number of aromatic nitrogens is 2. The molecule has 1 fully saturated rings. The molecule has 1 saturated heterocycles. The fourth-order valence-electron chi connectivity index (χ4n) is 2.89. The molecule has 5 nitrogen and oxygen atoms in total. The van der Waals surface area contributed by atoms with Gasteiger partial charge >= 0.3 is 5.97 Å². The number of hydrogen-bond donors (Lipinski definition) is 1. The third-order valence-corrected chi connectivity index (χ3v) is 4.21. The second-order valence-corrected chi connectivity index (χ2v) is 5.64. The number of aliphatic carboxylic acids is 1. The van der Waals surface area contributed by atoms with Crippen LogP contribution in [0.3, 0.4) is 0 Å². The van der Waals surface area contributed by atoms with Crippen molar-refractivity contribution in [2.45, 2.75) is 32.7 Å². The first-order valence-corrected chi connectivity index (χ1v) is 7.48. The first-order valence-electron chi connectivity index (χ1n) is 7.48. The lowest BCUT2D eigenvalue weighted by Gasteiger charge is -2.25. The van der Waals surface area contributed by atoms with Crippen molar-refractivity contribution in [3.63, 3.8) is 0 Å². The maximum atomic E-state index is 11.5. The number of anilines is 1. The topological polar surface area (TPSA) is 66.3 Å². The van der Waals surface area contributed by atoms with Crippen molar-refractivity contribution in [2.75, 3.05) is 11.4 Å². The highest BCUT2D eigenvalue weighted by atomic mass is 16.4. The average Bonchev–Trinajstić information content (AvgIpc) is 3.00. The summed E-state index contributed by atoms with van der Waals surface area (Å²) in [6.45, 7) is 4.62. The molecule has 0 radical (unpaired) electrons. The molecule has 5 heteroatoms. The number of carbonyl (C=O) groups is 1. The summed E-state index contributed by atoms with van der Waals surface area (Å²) < 4.78 is 0. The minimum Gasteiger partial charge on any atom is -0.480 e. The van der Waals surface area contributed by atoms with Crippen LogP contribution in [0.15, 0.2) is 30.3 Å². The quantitative estimate of drug-likeness (QED) is 0.943. The van der Waals surface area contributed by atoms with Gasteiger partial charge in [0, 0.05) is 23.4 Å². The standard InChI is InChI=1S/C17H19N3O2/c1-11-12(2)18-15(13-7-4-3-5-8-13)19-16(11)20-10-6-9-14(20)17(21)22/h3-5,7-8,14H,6,9-10H2,1-2H3,(H,21,22). The van der Waals surface area contributed by atoms with Gasteiger partial charge in [-0.2, -0.15) is 0 Å². The Hall–Kier alpha value is -2.43. The van der Waals surface area contributed by atoms with Gasteiger partial charge in [0.25, 0.3) is 0 Å². The van der Waals surface area contributed by atoms with Gasteiger partial charge in [0.1, 0.15) is 11.9 Å². The SMILES string of the molecule is Cc1nc(-c2ccccc2)nc(N2CCCC2C(=O)O)c1C. The highest BCUT2D eigenvalue weighted by molar-refractivity contribution is 5.79. The predicted octanol–water partition coefficient (Wildman–Crippen LogP) is 2.81. The largest absolute Gasteiger partial charge is 0.480 e. The molecule has 1 aromatic carbocycles. The Kier molecular flexibility index (Phi) is 3.79. The molecular formula is C17H19N3O2. The molecule has 0 amide bonds. The Labute approximate surface area is 129 Å². The van der Waals surface area contributed by atoms with E-state index in [1.807, 2.05) is 49.1 Å². The molecule has 0 bridgehead atoms. The van der Waals surface area contributed by atoms with Gasteiger partial charge < -0.3 is 10.0 Å². The third kappa shape index (κ3) is 2.54. The zero-order valence-electron chi connectivity index (χ0n) is 12.8. The van der Waals surface area contributed by atoms with Crippen LogP contribution in [0.25, 0.3) is 11.4 Å². The maximum absolute atomic E-state index is 11.5. The molecule has 0 aliphatic carbocycles. The van der Waals surface area contributed by atoms with Gasteiger partial charge in [0.05, 0.1) is 0 Å². The first-order chi connectivity index (χ1) is 10.6. The van der Waals surface area contributed by atoms with Gasteiger partial charge in [0.2, 0.25) is 0 Å². The second-order valence-electron chi connectivity index (χ2n) is 5.64. The Morgan fingerprint density at radius 2 is 1.95 bits per heavy atom. The van der Waals surface area contributed by atoms with E-state index < -0.39 is 12.0 Å². The summed E-state index contributed by atoms with van der Waals surface area (Å²) in [5.74, 6) is 0.611. The minimum atomic E-state index is -0.783.